The third-order valence-electron chi connectivity index (χ3n) is 3.38. The SMILES string of the molecule is O=C(O)CC1CCCN(S(=O)(=O)c2cccc(Br)c2)C1. The number of carboxylic acids is 1. The first-order valence-electron chi connectivity index (χ1n) is 6.37. The van der Waals surface area contributed by atoms with Gasteiger partial charge in [-0.1, -0.05) is 22.0 Å². The van der Waals surface area contributed by atoms with E-state index in [1.165, 1.54) is 4.31 Å². The summed E-state index contributed by atoms with van der Waals surface area (Å²) in [5.41, 5.74) is 0. The van der Waals surface area contributed by atoms with E-state index in [9.17, 15) is 13.2 Å². The molecule has 0 radical (unpaired) electrons. The molecule has 1 saturated heterocycles. The summed E-state index contributed by atoms with van der Waals surface area (Å²) in [5, 5.41) is 8.83. The Bertz CT molecular complexity index is 602. The Morgan fingerprint density at radius 3 is 2.85 bits per heavy atom. The van der Waals surface area contributed by atoms with Gasteiger partial charge in [0.2, 0.25) is 10.0 Å². The van der Waals surface area contributed by atoms with Crippen LogP contribution in [-0.4, -0.2) is 36.9 Å². The number of carboxylic acid groups (broad SMARTS) is 1. The van der Waals surface area contributed by atoms with E-state index >= 15 is 0 Å². The molecule has 0 aromatic heterocycles. The number of aliphatic carboxylic acids is 1. The van der Waals surface area contributed by atoms with Crippen molar-refractivity contribution in [1.29, 1.82) is 0 Å². The molecule has 1 aromatic rings. The van der Waals surface area contributed by atoms with Crippen LogP contribution in [0.4, 0.5) is 0 Å². The van der Waals surface area contributed by atoms with Gasteiger partial charge in [-0.15, -0.1) is 0 Å². The normalized spacial score (nSPS) is 20.8. The van der Waals surface area contributed by atoms with Crippen LogP contribution in [0.5, 0.6) is 0 Å². The number of sulfonamides is 1. The topological polar surface area (TPSA) is 74.7 Å². The molecular formula is C13H16BrNO4S. The molecule has 0 bridgehead atoms. The lowest BCUT2D eigenvalue weighted by Gasteiger charge is -2.31. The van der Waals surface area contributed by atoms with Crippen molar-refractivity contribution in [3.63, 3.8) is 0 Å². The van der Waals surface area contributed by atoms with E-state index in [1.807, 2.05) is 0 Å². The Morgan fingerprint density at radius 2 is 2.20 bits per heavy atom. The Balaban J connectivity index is 2.19. The van der Waals surface area contributed by atoms with Gasteiger partial charge in [0, 0.05) is 24.0 Å². The van der Waals surface area contributed by atoms with E-state index in [4.69, 9.17) is 5.11 Å². The first-order chi connectivity index (χ1) is 9.39. The molecule has 0 spiro atoms. The van der Waals surface area contributed by atoms with Crippen molar-refractivity contribution in [2.45, 2.75) is 24.2 Å². The van der Waals surface area contributed by atoms with Crippen molar-refractivity contribution in [1.82, 2.24) is 4.31 Å². The fourth-order valence-electron chi connectivity index (χ4n) is 2.44. The lowest BCUT2D eigenvalue weighted by Crippen LogP contribution is -2.40. The van der Waals surface area contributed by atoms with Gasteiger partial charge in [0.25, 0.3) is 0 Å². The average Bonchev–Trinajstić information content (AvgIpc) is 2.38. The number of hydrogen-bond donors (Lipinski definition) is 1. The van der Waals surface area contributed by atoms with Crippen LogP contribution in [0.15, 0.2) is 33.6 Å². The Hall–Kier alpha value is -0.920. The number of halogens is 1. The van der Waals surface area contributed by atoms with E-state index in [1.54, 1.807) is 24.3 Å². The summed E-state index contributed by atoms with van der Waals surface area (Å²) in [6.45, 7) is 0.728. The minimum atomic E-state index is -3.54. The van der Waals surface area contributed by atoms with Gasteiger partial charge in [0.1, 0.15) is 0 Å². The third kappa shape index (κ3) is 3.59. The maximum atomic E-state index is 12.5. The first kappa shape index (κ1) is 15.5. The van der Waals surface area contributed by atoms with Crippen molar-refractivity contribution < 1.29 is 18.3 Å². The second-order valence-corrected chi connectivity index (χ2v) is 7.78. The molecule has 0 saturated carbocycles. The predicted octanol–water partition coefficient (Wildman–Crippen LogP) is 2.32. The van der Waals surface area contributed by atoms with Crippen LogP contribution in [0.25, 0.3) is 0 Å². The standard InChI is InChI=1S/C13H16BrNO4S/c14-11-4-1-5-12(8-11)20(18,19)15-6-2-3-10(9-15)7-13(16)17/h1,4-5,8,10H,2-3,6-7,9H2,(H,16,17). The van der Waals surface area contributed by atoms with Gasteiger partial charge in [0.05, 0.1) is 4.90 Å². The number of rotatable bonds is 4. The van der Waals surface area contributed by atoms with Crippen molar-refractivity contribution in [2.24, 2.45) is 5.92 Å². The number of piperidine rings is 1. The highest BCUT2D eigenvalue weighted by atomic mass is 79.9. The van der Waals surface area contributed by atoms with Gasteiger partial charge in [-0.05, 0) is 37.0 Å². The van der Waals surface area contributed by atoms with Crippen molar-refractivity contribution in [2.75, 3.05) is 13.1 Å². The number of carbonyl (C=O) groups is 1. The first-order valence-corrected chi connectivity index (χ1v) is 8.60. The van der Waals surface area contributed by atoms with Gasteiger partial charge in [-0.3, -0.25) is 4.79 Å². The molecule has 7 heteroatoms. The van der Waals surface area contributed by atoms with Crippen LogP contribution < -0.4 is 0 Å². The van der Waals surface area contributed by atoms with Gasteiger partial charge >= 0.3 is 5.97 Å². The predicted molar refractivity (Wildman–Crippen MR) is 77.9 cm³/mol. The summed E-state index contributed by atoms with van der Waals surface area (Å²) >= 11 is 3.26. The molecule has 2 rings (SSSR count). The molecule has 0 amide bonds. The minimum Gasteiger partial charge on any atom is -0.481 e. The largest absolute Gasteiger partial charge is 0.481 e. The molecule has 1 N–H and O–H groups in total. The lowest BCUT2D eigenvalue weighted by atomic mass is 9.96. The van der Waals surface area contributed by atoms with Gasteiger partial charge in [0.15, 0.2) is 0 Å². The molecule has 1 heterocycles. The Kier molecular flexibility index (Phi) is 4.82. The fourth-order valence-corrected chi connectivity index (χ4v) is 4.59. The van der Waals surface area contributed by atoms with Crippen molar-refractivity contribution in [3.8, 4) is 0 Å². The van der Waals surface area contributed by atoms with Gasteiger partial charge in [-0.25, -0.2) is 8.42 Å². The minimum absolute atomic E-state index is 0.0184. The highest BCUT2D eigenvalue weighted by Gasteiger charge is 2.31. The zero-order chi connectivity index (χ0) is 14.8. The Morgan fingerprint density at radius 1 is 1.45 bits per heavy atom. The zero-order valence-electron chi connectivity index (χ0n) is 10.8. The second kappa shape index (κ2) is 6.24. The summed E-state index contributed by atoms with van der Waals surface area (Å²) < 4.78 is 27.2. The quantitative estimate of drug-likeness (QED) is 0.892. The highest BCUT2D eigenvalue weighted by molar-refractivity contribution is 9.10. The van der Waals surface area contributed by atoms with E-state index in [0.29, 0.717) is 17.4 Å². The number of hydrogen-bond acceptors (Lipinski definition) is 3. The van der Waals surface area contributed by atoms with E-state index in [2.05, 4.69) is 15.9 Å². The van der Waals surface area contributed by atoms with Crippen molar-refractivity contribution in [3.05, 3.63) is 28.7 Å². The molecule has 20 heavy (non-hydrogen) atoms. The second-order valence-electron chi connectivity index (χ2n) is 4.93. The third-order valence-corrected chi connectivity index (χ3v) is 5.73. The molecule has 1 fully saturated rings. The summed E-state index contributed by atoms with van der Waals surface area (Å²) in [6, 6.07) is 6.56. The van der Waals surface area contributed by atoms with Crippen LogP contribution in [-0.2, 0) is 14.8 Å². The van der Waals surface area contributed by atoms with Crippen LogP contribution >= 0.6 is 15.9 Å². The number of nitrogens with zero attached hydrogens (tertiary/aromatic N) is 1. The monoisotopic (exact) mass is 361 g/mol. The zero-order valence-corrected chi connectivity index (χ0v) is 13.2. The Labute approximate surface area is 126 Å². The van der Waals surface area contributed by atoms with Crippen LogP contribution in [0, 0.1) is 5.92 Å². The molecule has 5 nitrogen and oxygen atoms in total. The highest BCUT2D eigenvalue weighted by Crippen LogP contribution is 2.26. The van der Waals surface area contributed by atoms with E-state index < -0.39 is 16.0 Å². The molecule has 110 valence electrons. The maximum Gasteiger partial charge on any atom is 0.303 e. The fraction of sp³-hybridized carbons (Fsp3) is 0.462. The van der Waals surface area contributed by atoms with E-state index in [0.717, 1.165) is 6.42 Å². The molecule has 1 atom stereocenters. The molecular weight excluding hydrogens is 346 g/mol. The summed E-state index contributed by atoms with van der Waals surface area (Å²) in [7, 11) is -3.54. The smallest absolute Gasteiger partial charge is 0.303 e. The number of benzene rings is 1. The molecule has 1 aromatic carbocycles. The van der Waals surface area contributed by atoms with Crippen LogP contribution in [0.2, 0.25) is 0 Å². The van der Waals surface area contributed by atoms with Gasteiger partial charge in [-0.2, -0.15) is 4.31 Å². The summed E-state index contributed by atoms with van der Waals surface area (Å²) in [5.74, 6) is -0.986. The molecule has 1 aliphatic rings. The maximum absolute atomic E-state index is 12.5. The van der Waals surface area contributed by atoms with Crippen LogP contribution in [0.1, 0.15) is 19.3 Å². The summed E-state index contributed by atoms with van der Waals surface area (Å²) in [4.78, 5) is 11.0. The van der Waals surface area contributed by atoms with E-state index in [-0.39, 0.29) is 23.8 Å². The molecule has 1 aliphatic heterocycles. The van der Waals surface area contributed by atoms with Crippen LogP contribution in [0.3, 0.4) is 0 Å². The average molecular weight is 362 g/mol. The summed E-state index contributed by atoms with van der Waals surface area (Å²) in [6.07, 6.45) is 1.48. The van der Waals surface area contributed by atoms with Gasteiger partial charge < -0.3 is 5.11 Å². The molecule has 1 unspecified atom stereocenters. The molecule has 0 aliphatic carbocycles. The lowest BCUT2D eigenvalue weighted by molar-refractivity contribution is -0.138. The van der Waals surface area contributed by atoms with Crippen molar-refractivity contribution >= 4 is 31.9 Å².